The smallest absolute Gasteiger partial charge is 0.164 e. The van der Waals surface area contributed by atoms with Gasteiger partial charge >= 0.3 is 0 Å². The summed E-state index contributed by atoms with van der Waals surface area (Å²) in [6.07, 6.45) is 0.575. The maximum Gasteiger partial charge on any atom is 0.164 e. The highest BCUT2D eigenvalue weighted by atomic mass is 35.5. The predicted molar refractivity (Wildman–Crippen MR) is 53.4 cm³/mol. The molecule has 2 heteroatoms. The molecule has 0 unspecified atom stereocenters. The van der Waals surface area contributed by atoms with Crippen LogP contribution in [0.15, 0.2) is 18.2 Å². The molecule has 0 atom stereocenters. The summed E-state index contributed by atoms with van der Waals surface area (Å²) in [5.74, 6) is 0.211. The van der Waals surface area contributed by atoms with Gasteiger partial charge in [0.2, 0.25) is 0 Å². The van der Waals surface area contributed by atoms with Gasteiger partial charge in [0.1, 0.15) is 0 Å². The summed E-state index contributed by atoms with van der Waals surface area (Å²) in [7, 11) is 0. The largest absolute Gasteiger partial charge is 0.294 e. The highest BCUT2D eigenvalue weighted by Crippen LogP contribution is 2.41. The third-order valence-electron chi connectivity index (χ3n) is 2.59. The van der Waals surface area contributed by atoms with Crippen molar-refractivity contribution in [3.63, 3.8) is 0 Å². The van der Waals surface area contributed by atoms with Crippen LogP contribution in [0.5, 0.6) is 0 Å². The van der Waals surface area contributed by atoms with Crippen molar-refractivity contribution in [3.8, 4) is 0 Å². The number of rotatable bonds is 0. The first-order valence-corrected chi connectivity index (χ1v) is 4.72. The highest BCUT2D eigenvalue weighted by Gasteiger charge is 2.37. The Morgan fingerprint density at radius 2 is 2.08 bits per heavy atom. The maximum absolute atomic E-state index is 11.6. The maximum atomic E-state index is 11.6. The van der Waals surface area contributed by atoms with Crippen molar-refractivity contribution in [3.05, 3.63) is 34.3 Å². The second-order valence-electron chi connectivity index (χ2n) is 4.15. The van der Waals surface area contributed by atoms with Crippen molar-refractivity contribution in [1.29, 1.82) is 0 Å². The fourth-order valence-electron chi connectivity index (χ4n) is 2.03. The van der Waals surface area contributed by atoms with Crippen LogP contribution in [0.2, 0.25) is 5.02 Å². The van der Waals surface area contributed by atoms with E-state index >= 15 is 0 Å². The lowest BCUT2D eigenvalue weighted by atomic mass is 9.86. The average Bonchev–Trinajstić information content (AvgIpc) is 2.24. The molecule has 0 saturated carbocycles. The Hall–Kier alpha value is -0.820. The van der Waals surface area contributed by atoms with Gasteiger partial charge in [-0.1, -0.05) is 37.6 Å². The lowest BCUT2D eigenvalue weighted by Crippen LogP contribution is -2.13. The third kappa shape index (κ3) is 1.19. The Balaban J connectivity index is 2.73. The summed E-state index contributed by atoms with van der Waals surface area (Å²) in [6, 6.07) is 5.54. The number of carbonyl (C=O) groups excluding carboxylic acids is 1. The molecule has 0 aromatic heterocycles. The van der Waals surface area contributed by atoms with Crippen LogP contribution in [0.25, 0.3) is 0 Å². The van der Waals surface area contributed by atoms with Gasteiger partial charge in [0, 0.05) is 17.0 Å². The van der Waals surface area contributed by atoms with Crippen molar-refractivity contribution in [1.82, 2.24) is 0 Å². The third-order valence-corrected chi connectivity index (χ3v) is 2.91. The quantitative estimate of drug-likeness (QED) is 0.620. The monoisotopic (exact) mass is 194 g/mol. The fourth-order valence-corrected chi connectivity index (χ4v) is 2.46. The van der Waals surface area contributed by atoms with E-state index in [4.69, 9.17) is 11.6 Å². The van der Waals surface area contributed by atoms with E-state index in [9.17, 15) is 4.79 Å². The van der Waals surface area contributed by atoms with E-state index in [0.717, 1.165) is 11.1 Å². The predicted octanol–water partition coefficient (Wildman–Crippen LogP) is 3.20. The molecule has 1 aromatic rings. The van der Waals surface area contributed by atoms with Gasteiger partial charge < -0.3 is 0 Å². The lowest BCUT2D eigenvalue weighted by molar-refractivity contribution is 0.0979. The topological polar surface area (TPSA) is 17.1 Å². The van der Waals surface area contributed by atoms with Gasteiger partial charge in [-0.05, 0) is 17.0 Å². The van der Waals surface area contributed by atoms with Crippen LogP contribution in [-0.2, 0) is 5.41 Å². The number of halogens is 1. The molecular formula is C11H11ClO. The van der Waals surface area contributed by atoms with Crippen LogP contribution >= 0.6 is 11.6 Å². The second kappa shape index (κ2) is 2.58. The molecule has 1 aliphatic carbocycles. The first kappa shape index (κ1) is 8.76. The van der Waals surface area contributed by atoms with Gasteiger partial charge in [0.25, 0.3) is 0 Å². The van der Waals surface area contributed by atoms with Crippen molar-refractivity contribution in [2.75, 3.05) is 0 Å². The zero-order valence-electron chi connectivity index (χ0n) is 7.73. The van der Waals surface area contributed by atoms with E-state index in [1.54, 1.807) is 0 Å². The van der Waals surface area contributed by atoms with Crippen LogP contribution in [0.1, 0.15) is 36.2 Å². The molecule has 0 spiro atoms. The minimum atomic E-state index is -0.0925. The molecule has 0 radical (unpaired) electrons. The molecule has 1 nitrogen and oxygen atoms in total. The number of carbonyl (C=O) groups is 1. The fraction of sp³-hybridized carbons (Fsp3) is 0.364. The van der Waals surface area contributed by atoms with Gasteiger partial charge in [-0.3, -0.25) is 4.79 Å². The number of hydrogen-bond donors (Lipinski definition) is 0. The molecule has 13 heavy (non-hydrogen) atoms. The van der Waals surface area contributed by atoms with Gasteiger partial charge in [0.05, 0.1) is 0 Å². The summed E-state index contributed by atoms with van der Waals surface area (Å²) < 4.78 is 0. The molecule has 0 heterocycles. The summed E-state index contributed by atoms with van der Waals surface area (Å²) in [5.41, 5.74) is 1.73. The Morgan fingerprint density at radius 1 is 1.38 bits per heavy atom. The molecule has 0 aliphatic heterocycles. The van der Waals surface area contributed by atoms with Crippen molar-refractivity contribution < 1.29 is 4.79 Å². The SMILES string of the molecule is CC1(C)CC(=O)c2cccc(Cl)c21. The van der Waals surface area contributed by atoms with Gasteiger partial charge in [0.15, 0.2) is 5.78 Å². The summed E-state index contributed by atoms with van der Waals surface area (Å²) in [6.45, 7) is 4.12. The Morgan fingerprint density at radius 3 is 2.69 bits per heavy atom. The normalized spacial score (nSPS) is 18.8. The highest BCUT2D eigenvalue weighted by molar-refractivity contribution is 6.32. The van der Waals surface area contributed by atoms with Crippen LogP contribution < -0.4 is 0 Å². The molecule has 0 amide bonds. The van der Waals surface area contributed by atoms with Crippen molar-refractivity contribution >= 4 is 17.4 Å². The number of fused-ring (bicyclic) bond motifs is 1. The van der Waals surface area contributed by atoms with E-state index in [1.807, 2.05) is 18.2 Å². The number of hydrogen-bond acceptors (Lipinski definition) is 1. The van der Waals surface area contributed by atoms with Gasteiger partial charge in [-0.2, -0.15) is 0 Å². The minimum Gasteiger partial charge on any atom is -0.294 e. The molecule has 0 N–H and O–H groups in total. The van der Waals surface area contributed by atoms with E-state index < -0.39 is 0 Å². The Bertz CT molecular complexity index is 380. The number of ketones is 1. The van der Waals surface area contributed by atoms with Crippen molar-refractivity contribution in [2.24, 2.45) is 0 Å². The molecule has 1 aliphatic rings. The van der Waals surface area contributed by atoms with Gasteiger partial charge in [-0.25, -0.2) is 0 Å². The second-order valence-corrected chi connectivity index (χ2v) is 4.55. The lowest BCUT2D eigenvalue weighted by Gasteiger charge is -2.18. The summed E-state index contributed by atoms with van der Waals surface area (Å²) in [5, 5.41) is 0.716. The van der Waals surface area contributed by atoms with Crippen LogP contribution in [-0.4, -0.2) is 5.78 Å². The Kier molecular flexibility index (Phi) is 1.74. The van der Waals surface area contributed by atoms with Crippen molar-refractivity contribution in [2.45, 2.75) is 25.7 Å². The van der Waals surface area contributed by atoms with E-state index in [0.29, 0.717) is 11.4 Å². The van der Waals surface area contributed by atoms with Crippen LogP contribution in [0, 0.1) is 0 Å². The van der Waals surface area contributed by atoms with E-state index in [1.165, 1.54) is 0 Å². The Labute approximate surface area is 82.7 Å². The van der Waals surface area contributed by atoms with Crippen LogP contribution in [0.4, 0.5) is 0 Å². The molecule has 68 valence electrons. The average molecular weight is 195 g/mol. The molecule has 0 saturated heterocycles. The number of Topliss-reactive ketones (excluding diaryl/α,β-unsaturated/α-hetero) is 1. The molecule has 2 rings (SSSR count). The number of benzene rings is 1. The zero-order valence-corrected chi connectivity index (χ0v) is 8.48. The molecular weight excluding hydrogens is 184 g/mol. The summed E-state index contributed by atoms with van der Waals surface area (Å²) in [4.78, 5) is 11.6. The first-order valence-electron chi connectivity index (χ1n) is 4.34. The van der Waals surface area contributed by atoms with E-state index in [-0.39, 0.29) is 11.2 Å². The zero-order chi connectivity index (χ0) is 9.64. The standard InChI is InChI=1S/C11H11ClO/c1-11(2)6-9(13)7-4-3-5-8(12)10(7)11/h3-5H,6H2,1-2H3. The first-order chi connectivity index (χ1) is 6.02. The van der Waals surface area contributed by atoms with Crippen LogP contribution in [0.3, 0.4) is 0 Å². The van der Waals surface area contributed by atoms with Gasteiger partial charge in [-0.15, -0.1) is 0 Å². The van der Waals surface area contributed by atoms with E-state index in [2.05, 4.69) is 13.8 Å². The summed E-state index contributed by atoms with van der Waals surface area (Å²) >= 11 is 6.07. The minimum absolute atomic E-state index is 0.0925. The molecule has 0 bridgehead atoms. The molecule has 0 fully saturated rings. The molecule has 1 aromatic carbocycles.